The molecule has 19 heavy (non-hydrogen) atoms. The Kier molecular flexibility index (Phi) is 5.00. The summed E-state index contributed by atoms with van der Waals surface area (Å²) in [5.41, 5.74) is 1.03. The van der Waals surface area contributed by atoms with Crippen LogP contribution >= 0.6 is 0 Å². The van der Waals surface area contributed by atoms with Gasteiger partial charge in [-0.15, -0.1) is 0 Å². The molecule has 5 heteroatoms. The van der Waals surface area contributed by atoms with Crippen molar-refractivity contribution in [1.29, 1.82) is 0 Å². The van der Waals surface area contributed by atoms with Gasteiger partial charge in [0.15, 0.2) is 6.10 Å². The molecule has 0 radical (unpaired) electrons. The summed E-state index contributed by atoms with van der Waals surface area (Å²) in [5.74, 6) is -1.21. The first-order chi connectivity index (χ1) is 8.99. The third-order valence-corrected chi connectivity index (χ3v) is 2.42. The lowest BCUT2D eigenvalue weighted by molar-refractivity contribution is -0.147. The first-order valence-corrected chi connectivity index (χ1v) is 5.49. The average Bonchev–Trinajstić information content (AvgIpc) is 2.43. The molecule has 1 aromatic rings. The van der Waals surface area contributed by atoms with Crippen molar-refractivity contribution in [1.82, 2.24) is 0 Å². The van der Waals surface area contributed by atoms with Gasteiger partial charge in [0, 0.05) is 12.5 Å². The van der Waals surface area contributed by atoms with Crippen LogP contribution in [0.1, 0.15) is 28.9 Å². The Bertz CT molecular complexity index is 501. The minimum Gasteiger partial charge on any atom is -0.466 e. The van der Waals surface area contributed by atoms with Crippen LogP contribution in [0.3, 0.4) is 0 Å². The number of methoxy groups -OCH3 is 1. The number of esters is 2. The molecule has 0 heterocycles. The third-order valence-electron chi connectivity index (χ3n) is 2.42. The Labute approximate surface area is 110 Å². The van der Waals surface area contributed by atoms with Crippen LogP contribution in [0.2, 0.25) is 0 Å². The van der Waals surface area contributed by atoms with Crippen LogP contribution in [-0.2, 0) is 19.1 Å². The van der Waals surface area contributed by atoms with Gasteiger partial charge >= 0.3 is 11.9 Å². The molecule has 5 nitrogen and oxygen atoms in total. The van der Waals surface area contributed by atoms with E-state index in [1.54, 1.807) is 24.3 Å². The van der Waals surface area contributed by atoms with E-state index < -0.39 is 18.0 Å². The van der Waals surface area contributed by atoms with Crippen molar-refractivity contribution < 1.29 is 23.9 Å². The van der Waals surface area contributed by atoms with Crippen LogP contribution in [-0.4, -0.2) is 25.3 Å². The second-order valence-corrected chi connectivity index (χ2v) is 3.79. The summed E-state index contributed by atoms with van der Waals surface area (Å²) >= 11 is 0. The maximum absolute atomic E-state index is 11.5. The highest BCUT2D eigenvalue weighted by atomic mass is 16.6. The highest BCUT2D eigenvalue weighted by Crippen LogP contribution is 2.26. The number of carbonyl (C=O) groups is 3. The van der Waals surface area contributed by atoms with Gasteiger partial charge in [-0.25, -0.2) is 4.79 Å². The number of carbonyl (C=O) groups excluding carboxylic acids is 3. The van der Waals surface area contributed by atoms with Crippen molar-refractivity contribution in [2.24, 2.45) is 0 Å². The van der Waals surface area contributed by atoms with Gasteiger partial charge in [-0.1, -0.05) is 30.8 Å². The molecule has 0 saturated heterocycles. The monoisotopic (exact) mass is 262 g/mol. The van der Waals surface area contributed by atoms with Gasteiger partial charge in [-0.05, 0) is 5.56 Å². The van der Waals surface area contributed by atoms with Crippen molar-refractivity contribution in [2.75, 3.05) is 7.11 Å². The Morgan fingerprint density at radius 2 is 1.84 bits per heavy atom. The van der Waals surface area contributed by atoms with Crippen LogP contribution < -0.4 is 0 Å². The van der Waals surface area contributed by atoms with Crippen LogP contribution in [0, 0.1) is 0 Å². The Morgan fingerprint density at radius 1 is 1.26 bits per heavy atom. The van der Waals surface area contributed by atoms with E-state index in [0.29, 0.717) is 17.4 Å². The van der Waals surface area contributed by atoms with E-state index in [9.17, 15) is 14.4 Å². The second-order valence-electron chi connectivity index (χ2n) is 3.79. The zero-order valence-electron chi connectivity index (χ0n) is 10.7. The predicted molar refractivity (Wildman–Crippen MR) is 67.5 cm³/mol. The number of hydrogen-bond acceptors (Lipinski definition) is 5. The van der Waals surface area contributed by atoms with Gasteiger partial charge in [0.1, 0.15) is 6.29 Å². The number of rotatable bonds is 5. The van der Waals surface area contributed by atoms with E-state index >= 15 is 0 Å². The van der Waals surface area contributed by atoms with Crippen LogP contribution in [0.5, 0.6) is 0 Å². The number of aldehydes is 1. The fourth-order valence-corrected chi connectivity index (χ4v) is 1.49. The minimum absolute atomic E-state index is 0.0107. The fourth-order valence-electron chi connectivity index (χ4n) is 1.49. The SMILES string of the molecule is C=C(C(=O)OC)C(OC(C)=O)c1ccc(C=O)cc1. The Hall–Kier alpha value is -2.43. The maximum Gasteiger partial charge on any atom is 0.337 e. The first kappa shape index (κ1) is 14.6. The zero-order valence-corrected chi connectivity index (χ0v) is 10.7. The molecule has 0 spiro atoms. The van der Waals surface area contributed by atoms with Crippen LogP contribution in [0.25, 0.3) is 0 Å². The van der Waals surface area contributed by atoms with E-state index in [0.717, 1.165) is 0 Å². The lowest BCUT2D eigenvalue weighted by Crippen LogP contribution is -2.17. The van der Waals surface area contributed by atoms with Crippen LogP contribution in [0.4, 0.5) is 0 Å². The molecule has 1 aromatic carbocycles. The van der Waals surface area contributed by atoms with Crippen molar-refractivity contribution >= 4 is 18.2 Å². The highest BCUT2D eigenvalue weighted by molar-refractivity contribution is 5.89. The summed E-state index contributed by atoms with van der Waals surface area (Å²) in [5, 5.41) is 0. The Morgan fingerprint density at radius 3 is 2.26 bits per heavy atom. The van der Waals surface area contributed by atoms with Gasteiger partial charge < -0.3 is 9.47 Å². The first-order valence-electron chi connectivity index (χ1n) is 5.49. The van der Waals surface area contributed by atoms with Gasteiger partial charge in [0.25, 0.3) is 0 Å². The third kappa shape index (κ3) is 3.77. The van der Waals surface area contributed by atoms with Gasteiger partial charge in [-0.3, -0.25) is 9.59 Å². The average molecular weight is 262 g/mol. The molecule has 1 rings (SSSR count). The standard InChI is InChI=1S/C14H14O5/c1-9(14(17)18-3)13(19-10(2)16)12-6-4-11(8-15)5-7-12/h4-8,13H,1H2,2-3H3. The Balaban J connectivity index is 3.07. The molecule has 1 unspecified atom stereocenters. The molecule has 0 saturated carbocycles. The van der Waals surface area contributed by atoms with E-state index in [-0.39, 0.29) is 5.57 Å². The molecular formula is C14H14O5. The summed E-state index contributed by atoms with van der Waals surface area (Å²) in [6.45, 7) is 4.81. The number of benzene rings is 1. The van der Waals surface area contributed by atoms with Crippen molar-refractivity contribution in [2.45, 2.75) is 13.0 Å². The van der Waals surface area contributed by atoms with Gasteiger partial charge in [-0.2, -0.15) is 0 Å². The number of ether oxygens (including phenoxy) is 2. The van der Waals surface area contributed by atoms with Crippen LogP contribution in [0.15, 0.2) is 36.4 Å². The fraction of sp³-hybridized carbons (Fsp3) is 0.214. The van der Waals surface area contributed by atoms with Crippen molar-refractivity contribution in [3.05, 3.63) is 47.5 Å². The van der Waals surface area contributed by atoms with E-state index in [2.05, 4.69) is 11.3 Å². The molecule has 0 N–H and O–H groups in total. The summed E-state index contributed by atoms with van der Waals surface area (Å²) in [7, 11) is 1.22. The van der Waals surface area contributed by atoms with Crippen molar-refractivity contribution in [3.63, 3.8) is 0 Å². The smallest absolute Gasteiger partial charge is 0.337 e. The molecule has 0 bridgehead atoms. The van der Waals surface area contributed by atoms with Gasteiger partial charge in [0.2, 0.25) is 0 Å². The molecule has 100 valence electrons. The van der Waals surface area contributed by atoms with Crippen molar-refractivity contribution in [3.8, 4) is 0 Å². The summed E-state index contributed by atoms with van der Waals surface area (Å²) < 4.78 is 9.62. The maximum atomic E-state index is 11.5. The minimum atomic E-state index is -0.925. The molecule has 0 aliphatic rings. The molecular weight excluding hydrogens is 248 g/mol. The highest BCUT2D eigenvalue weighted by Gasteiger charge is 2.24. The molecule has 0 aromatic heterocycles. The number of hydrogen-bond donors (Lipinski definition) is 0. The van der Waals surface area contributed by atoms with E-state index in [4.69, 9.17) is 4.74 Å². The largest absolute Gasteiger partial charge is 0.466 e. The summed E-state index contributed by atoms with van der Waals surface area (Å²) in [4.78, 5) is 33.1. The molecule has 0 fully saturated rings. The predicted octanol–water partition coefficient (Wildman–Crippen LogP) is 1.83. The molecule has 0 amide bonds. The zero-order chi connectivity index (χ0) is 14.4. The summed E-state index contributed by atoms with van der Waals surface area (Å²) in [6, 6.07) is 6.30. The lowest BCUT2D eigenvalue weighted by Gasteiger charge is -2.18. The molecule has 0 aliphatic carbocycles. The topological polar surface area (TPSA) is 69.7 Å². The second kappa shape index (κ2) is 6.49. The normalized spacial score (nSPS) is 11.3. The van der Waals surface area contributed by atoms with E-state index in [1.165, 1.54) is 14.0 Å². The lowest BCUT2D eigenvalue weighted by atomic mass is 10.0. The molecule has 0 aliphatic heterocycles. The van der Waals surface area contributed by atoms with E-state index in [1.807, 2.05) is 0 Å². The summed E-state index contributed by atoms with van der Waals surface area (Å²) in [6.07, 6.45) is -0.231. The quantitative estimate of drug-likeness (QED) is 0.460. The molecule has 1 atom stereocenters. The van der Waals surface area contributed by atoms with Gasteiger partial charge in [0.05, 0.1) is 12.7 Å².